The predicted molar refractivity (Wildman–Crippen MR) is 110 cm³/mol. The summed E-state index contributed by atoms with van der Waals surface area (Å²) in [5.41, 5.74) is -0.0630. The Labute approximate surface area is 186 Å². The van der Waals surface area contributed by atoms with E-state index in [4.69, 9.17) is 14.6 Å². The quantitative estimate of drug-likeness (QED) is 0.561. The first-order valence-corrected chi connectivity index (χ1v) is 13.4. The Morgan fingerprint density at radius 1 is 1.03 bits per heavy atom. The lowest BCUT2D eigenvalue weighted by Gasteiger charge is -2.25. The molecule has 2 aromatic carbocycles. The van der Waals surface area contributed by atoms with E-state index in [0.717, 1.165) is 30.7 Å². The van der Waals surface area contributed by atoms with Crippen LogP contribution in [0.15, 0.2) is 34.1 Å². The van der Waals surface area contributed by atoms with E-state index < -0.39 is 50.0 Å². The maximum atomic E-state index is 13.7. The fourth-order valence-electron chi connectivity index (χ4n) is 2.44. The van der Waals surface area contributed by atoms with Crippen LogP contribution in [0.4, 0.5) is 8.78 Å². The number of rotatable bonds is 4. The van der Waals surface area contributed by atoms with Crippen molar-refractivity contribution in [3.05, 3.63) is 47.0 Å². The van der Waals surface area contributed by atoms with Crippen LogP contribution in [0.25, 0.3) is 0 Å². The molecule has 0 fully saturated rings. The lowest BCUT2D eigenvalue weighted by atomic mass is 10.2. The third kappa shape index (κ3) is 6.35. The van der Waals surface area contributed by atoms with Gasteiger partial charge >= 0.3 is 0 Å². The molecule has 1 aliphatic rings. The van der Waals surface area contributed by atoms with Crippen LogP contribution in [-0.4, -0.2) is 51.2 Å². The van der Waals surface area contributed by atoms with E-state index in [1.165, 1.54) is 6.07 Å². The summed E-state index contributed by atoms with van der Waals surface area (Å²) in [6.45, 7) is -0.608. The first-order chi connectivity index (χ1) is 14.3. The van der Waals surface area contributed by atoms with Crippen LogP contribution >= 0.6 is 15.9 Å². The van der Waals surface area contributed by atoms with Crippen molar-refractivity contribution < 1.29 is 45.3 Å². The van der Waals surface area contributed by atoms with Crippen LogP contribution < -0.4 is 4.74 Å². The maximum Gasteiger partial charge on any atom is 0.209 e. The fraction of sp³-hybridized carbons (Fsp3) is 0.333. The highest BCUT2D eigenvalue weighted by atomic mass is 79.9. The number of hydrogen-bond donors (Lipinski definition) is 2. The summed E-state index contributed by atoms with van der Waals surface area (Å²) in [5.74, 6) is -1.90. The van der Waals surface area contributed by atoms with Gasteiger partial charge in [0, 0.05) is 12.5 Å². The lowest BCUT2D eigenvalue weighted by Crippen LogP contribution is -2.27. The number of sulfone groups is 2. The van der Waals surface area contributed by atoms with Gasteiger partial charge in [-0.3, -0.25) is 0 Å². The summed E-state index contributed by atoms with van der Waals surface area (Å²) < 4.78 is 82.0. The maximum absolute atomic E-state index is 13.7. The zero-order valence-corrected chi connectivity index (χ0v) is 19.5. The molecule has 0 aromatic heterocycles. The van der Waals surface area contributed by atoms with Gasteiger partial charge in [0.05, 0.1) is 39.5 Å². The van der Waals surface area contributed by atoms with Gasteiger partial charge in [0.2, 0.25) is 6.29 Å². The SMILES string of the molecule is CS(=O)(=O)c1cc(F)c2c(c1)OC(CBr)OC2.CS(=O)(=O)c1cc(O)c(CO)c(F)c1. The first kappa shape index (κ1) is 25.5. The second kappa shape index (κ2) is 9.77. The summed E-state index contributed by atoms with van der Waals surface area (Å²) >= 11 is 3.18. The topological polar surface area (TPSA) is 127 Å². The molecular formula is C18H19BrF2O8S2. The number of aliphatic hydroxyl groups is 1. The number of halogens is 3. The van der Waals surface area contributed by atoms with Crippen LogP contribution in [0.2, 0.25) is 0 Å². The van der Waals surface area contributed by atoms with Crippen molar-refractivity contribution in [2.45, 2.75) is 29.3 Å². The van der Waals surface area contributed by atoms with Crippen molar-refractivity contribution in [3.8, 4) is 11.5 Å². The Morgan fingerprint density at radius 2 is 1.58 bits per heavy atom. The van der Waals surface area contributed by atoms with Crippen molar-refractivity contribution in [2.75, 3.05) is 17.8 Å². The Morgan fingerprint density at radius 3 is 2.06 bits per heavy atom. The molecule has 172 valence electrons. The zero-order valence-electron chi connectivity index (χ0n) is 16.3. The first-order valence-electron chi connectivity index (χ1n) is 8.47. The highest BCUT2D eigenvalue weighted by molar-refractivity contribution is 9.09. The zero-order chi connectivity index (χ0) is 23.6. The molecule has 0 spiro atoms. The van der Waals surface area contributed by atoms with Gasteiger partial charge in [0.25, 0.3) is 0 Å². The van der Waals surface area contributed by atoms with E-state index in [0.29, 0.717) is 5.33 Å². The molecule has 1 aliphatic heterocycles. The predicted octanol–water partition coefficient (Wildman–Crippen LogP) is 2.29. The van der Waals surface area contributed by atoms with Crippen molar-refractivity contribution in [1.82, 2.24) is 0 Å². The summed E-state index contributed by atoms with van der Waals surface area (Å²) in [6.07, 6.45) is 1.40. The molecule has 0 saturated heterocycles. The van der Waals surface area contributed by atoms with E-state index in [1.54, 1.807) is 0 Å². The smallest absolute Gasteiger partial charge is 0.209 e. The number of benzene rings is 2. The van der Waals surface area contributed by atoms with E-state index in [2.05, 4.69) is 15.9 Å². The molecule has 1 atom stereocenters. The number of alkyl halides is 1. The largest absolute Gasteiger partial charge is 0.507 e. The molecule has 0 radical (unpaired) electrons. The minimum absolute atomic E-state index is 0.0709. The molecule has 13 heteroatoms. The summed E-state index contributed by atoms with van der Waals surface area (Å²) in [4.78, 5) is -0.409. The van der Waals surface area contributed by atoms with Crippen LogP contribution in [0.1, 0.15) is 11.1 Å². The molecule has 3 rings (SSSR count). The van der Waals surface area contributed by atoms with Crippen LogP contribution in [0, 0.1) is 11.6 Å². The normalized spacial score (nSPS) is 16.0. The molecule has 0 amide bonds. The standard InChI is InChI=1S/C10H10BrFO4S.C8H9FO4S/c1-17(13,14)6-2-8(12)7-5-15-10(4-11)16-9(7)3-6;1-14(12,13)5-2-7(9)6(4-10)8(11)3-5/h2-3,10H,4-5H2,1H3;2-3,10-11H,4H2,1H3. The number of fused-ring (bicyclic) bond motifs is 1. The van der Waals surface area contributed by atoms with Crippen molar-refractivity contribution >= 4 is 35.6 Å². The van der Waals surface area contributed by atoms with Gasteiger partial charge in [-0.15, -0.1) is 0 Å². The van der Waals surface area contributed by atoms with Crippen LogP contribution in [0.5, 0.6) is 11.5 Å². The number of ether oxygens (including phenoxy) is 2. The third-order valence-electron chi connectivity index (χ3n) is 4.09. The Bertz CT molecular complexity index is 1160. The summed E-state index contributed by atoms with van der Waals surface area (Å²) in [5, 5.41) is 18.2. The molecule has 0 bridgehead atoms. The van der Waals surface area contributed by atoms with Crippen molar-refractivity contribution in [3.63, 3.8) is 0 Å². The number of aliphatic hydroxyl groups excluding tert-OH is 1. The minimum Gasteiger partial charge on any atom is -0.507 e. The van der Waals surface area contributed by atoms with Gasteiger partial charge in [0.1, 0.15) is 23.1 Å². The highest BCUT2D eigenvalue weighted by Crippen LogP contribution is 2.32. The molecule has 31 heavy (non-hydrogen) atoms. The van der Waals surface area contributed by atoms with Crippen LogP contribution in [0.3, 0.4) is 0 Å². The molecule has 0 aliphatic carbocycles. The highest BCUT2D eigenvalue weighted by Gasteiger charge is 2.24. The Kier molecular flexibility index (Phi) is 8.03. The van der Waals surface area contributed by atoms with E-state index in [9.17, 15) is 30.7 Å². The van der Waals surface area contributed by atoms with Crippen molar-refractivity contribution in [1.29, 1.82) is 0 Å². The Balaban J connectivity index is 0.000000225. The van der Waals surface area contributed by atoms with Crippen LogP contribution in [-0.2, 0) is 37.6 Å². The fourth-order valence-corrected chi connectivity index (χ4v) is 4.04. The average molecular weight is 545 g/mol. The number of phenols is 1. The average Bonchev–Trinajstić information content (AvgIpc) is 2.66. The minimum atomic E-state index is -3.55. The number of aromatic hydroxyl groups is 1. The molecule has 2 aromatic rings. The van der Waals surface area contributed by atoms with E-state index >= 15 is 0 Å². The van der Waals surface area contributed by atoms with Gasteiger partial charge in [-0.05, 0) is 24.3 Å². The molecule has 2 N–H and O–H groups in total. The van der Waals surface area contributed by atoms with Gasteiger partial charge in [-0.2, -0.15) is 0 Å². The molecule has 8 nitrogen and oxygen atoms in total. The molecule has 1 unspecified atom stereocenters. The van der Waals surface area contributed by atoms with Gasteiger partial charge in [-0.1, -0.05) is 15.9 Å². The van der Waals surface area contributed by atoms with Gasteiger partial charge < -0.3 is 19.7 Å². The summed E-state index contributed by atoms with van der Waals surface area (Å²) in [6, 6.07) is 3.98. The van der Waals surface area contributed by atoms with E-state index in [1.807, 2.05) is 0 Å². The molecule has 0 saturated carbocycles. The molecule has 1 heterocycles. The Hall–Kier alpha value is -1.80. The second-order valence-electron chi connectivity index (χ2n) is 6.50. The number of hydrogen-bond acceptors (Lipinski definition) is 8. The van der Waals surface area contributed by atoms with Crippen molar-refractivity contribution in [2.24, 2.45) is 0 Å². The molecular weight excluding hydrogens is 526 g/mol. The van der Waals surface area contributed by atoms with Gasteiger partial charge in [-0.25, -0.2) is 25.6 Å². The van der Waals surface area contributed by atoms with Gasteiger partial charge in [0.15, 0.2) is 19.7 Å². The monoisotopic (exact) mass is 544 g/mol. The third-order valence-corrected chi connectivity index (χ3v) is 6.80. The van der Waals surface area contributed by atoms with E-state index in [-0.39, 0.29) is 33.3 Å². The second-order valence-corrected chi connectivity index (χ2v) is 11.2. The summed E-state index contributed by atoms with van der Waals surface area (Å²) in [7, 11) is -7.01. The lowest BCUT2D eigenvalue weighted by molar-refractivity contribution is -0.0918.